The van der Waals surface area contributed by atoms with E-state index in [9.17, 15) is 0 Å². The van der Waals surface area contributed by atoms with Crippen molar-refractivity contribution in [3.8, 4) is 0 Å². The zero-order valence-electron chi connectivity index (χ0n) is 9.42. The van der Waals surface area contributed by atoms with Gasteiger partial charge in [-0.05, 0) is 26.8 Å². The van der Waals surface area contributed by atoms with Crippen LogP contribution in [0.25, 0.3) is 0 Å². The molecule has 3 heteroatoms. The molecule has 0 bridgehead atoms. The fraction of sp³-hybridized carbons (Fsp3) is 1.00. The van der Waals surface area contributed by atoms with Gasteiger partial charge < -0.3 is 15.4 Å². The van der Waals surface area contributed by atoms with Crippen molar-refractivity contribution in [2.45, 2.75) is 38.8 Å². The number of hydrogen-bond donors (Lipinski definition) is 1. The molecule has 2 N–H and O–H groups in total. The van der Waals surface area contributed by atoms with Crippen LogP contribution in [0.5, 0.6) is 0 Å². The van der Waals surface area contributed by atoms with E-state index in [2.05, 4.69) is 25.8 Å². The summed E-state index contributed by atoms with van der Waals surface area (Å²) in [6.07, 6.45) is 2.11. The van der Waals surface area contributed by atoms with E-state index in [0.717, 1.165) is 26.0 Å². The quantitative estimate of drug-likeness (QED) is 0.608. The molecule has 0 aromatic heterocycles. The molecular weight excluding hydrogens is 164 g/mol. The lowest BCUT2D eigenvalue weighted by atomic mass is 10.1. The molecule has 0 fully saturated rings. The van der Waals surface area contributed by atoms with Crippen LogP contribution in [0.4, 0.5) is 0 Å². The van der Waals surface area contributed by atoms with Gasteiger partial charge >= 0.3 is 0 Å². The SMILES string of the molecule is CCC(N)C(C)N(C)CCCOC. The molecule has 3 nitrogen and oxygen atoms in total. The van der Waals surface area contributed by atoms with Gasteiger partial charge in [-0.1, -0.05) is 6.92 Å². The maximum Gasteiger partial charge on any atom is 0.0474 e. The maximum atomic E-state index is 5.95. The van der Waals surface area contributed by atoms with Gasteiger partial charge in [0.15, 0.2) is 0 Å². The van der Waals surface area contributed by atoms with Crippen LogP contribution in [0.3, 0.4) is 0 Å². The molecule has 0 spiro atoms. The normalized spacial score (nSPS) is 16.2. The van der Waals surface area contributed by atoms with E-state index < -0.39 is 0 Å². The summed E-state index contributed by atoms with van der Waals surface area (Å²) in [7, 11) is 3.86. The van der Waals surface area contributed by atoms with Gasteiger partial charge in [0.25, 0.3) is 0 Å². The van der Waals surface area contributed by atoms with Crippen molar-refractivity contribution in [1.82, 2.24) is 4.90 Å². The van der Waals surface area contributed by atoms with E-state index in [1.165, 1.54) is 0 Å². The Hall–Kier alpha value is -0.120. The van der Waals surface area contributed by atoms with Crippen LogP contribution in [0, 0.1) is 0 Å². The van der Waals surface area contributed by atoms with Gasteiger partial charge in [-0.25, -0.2) is 0 Å². The molecular formula is C10H24N2O. The van der Waals surface area contributed by atoms with Crippen molar-refractivity contribution in [3.63, 3.8) is 0 Å². The molecule has 0 radical (unpaired) electrons. The predicted molar refractivity (Wildman–Crippen MR) is 56.9 cm³/mol. The molecule has 0 rings (SSSR count). The Labute approximate surface area is 82.2 Å². The molecule has 0 aliphatic rings. The number of rotatable bonds is 7. The average Bonchev–Trinajstić information content (AvgIpc) is 2.15. The van der Waals surface area contributed by atoms with Crippen LogP contribution in [-0.2, 0) is 4.74 Å². The number of hydrogen-bond acceptors (Lipinski definition) is 3. The molecule has 80 valence electrons. The van der Waals surface area contributed by atoms with Gasteiger partial charge in [0, 0.05) is 32.3 Å². The number of nitrogens with two attached hydrogens (primary N) is 1. The summed E-state index contributed by atoms with van der Waals surface area (Å²) in [5.74, 6) is 0. The maximum absolute atomic E-state index is 5.95. The summed E-state index contributed by atoms with van der Waals surface area (Å²) in [6.45, 7) is 6.20. The second kappa shape index (κ2) is 7.30. The summed E-state index contributed by atoms with van der Waals surface area (Å²) in [5.41, 5.74) is 5.95. The molecule has 2 atom stereocenters. The number of ether oxygens (including phenoxy) is 1. The lowest BCUT2D eigenvalue weighted by Gasteiger charge is -2.28. The number of likely N-dealkylation sites (N-methyl/N-ethyl adjacent to an activating group) is 1. The van der Waals surface area contributed by atoms with Crippen molar-refractivity contribution in [1.29, 1.82) is 0 Å². The van der Waals surface area contributed by atoms with Gasteiger partial charge in [0.2, 0.25) is 0 Å². The Bertz CT molecular complexity index is 119. The number of methoxy groups -OCH3 is 1. The lowest BCUT2D eigenvalue weighted by molar-refractivity contribution is 0.161. The highest BCUT2D eigenvalue weighted by molar-refractivity contribution is 4.74. The lowest BCUT2D eigenvalue weighted by Crippen LogP contribution is -2.44. The molecule has 0 heterocycles. The smallest absolute Gasteiger partial charge is 0.0474 e. The third-order valence-electron chi connectivity index (χ3n) is 2.65. The van der Waals surface area contributed by atoms with Gasteiger partial charge in [-0.3, -0.25) is 0 Å². The van der Waals surface area contributed by atoms with E-state index in [4.69, 9.17) is 10.5 Å². The first kappa shape index (κ1) is 12.9. The van der Waals surface area contributed by atoms with Crippen molar-refractivity contribution in [3.05, 3.63) is 0 Å². The monoisotopic (exact) mass is 188 g/mol. The topological polar surface area (TPSA) is 38.5 Å². The van der Waals surface area contributed by atoms with Crippen molar-refractivity contribution >= 4 is 0 Å². The molecule has 0 aliphatic heterocycles. The summed E-state index contributed by atoms with van der Waals surface area (Å²) >= 11 is 0. The van der Waals surface area contributed by atoms with Crippen LogP contribution >= 0.6 is 0 Å². The molecule has 0 saturated carbocycles. The highest BCUT2D eigenvalue weighted by Crippen LogP contribution is 2.03. The van der Waals surface area contributed by atoms with Crippen LogP contribution < -0.4 is 5.73 Å². The van der Waals surface area contributed by atoms with Crippen molar-refractivity contribution in [2.24, 2.45) is 5.73 Å². The molecule has 0 aromatic carbocycles. The summed E-state index contributed by atoms with van der Waals surface area (Å²) in [6, 6.07) is 0.745. The van der Waals surface area contributed by atoms with E-state index in [1.807, 2.05) is 0 Å². The van der Waals surface area contributed by atoms with Gasteiger partial charge in [-0.15, -0.1) is 0 Å². The van der Waals surface area contributed by atoms with E-state index in [1.54, 1.807) is 7.11 Å². The standard InChI is InChI=1S/C10H24N2O/c1-5-10(11)9(2)12(3)7-6-8-13-4/h9-10H,5-8,11H2,1-4H3. The van der Waals surface area contributed by atoms with Crippen molar-refractivity contribution in [2.75, 3.05) is 27.3 Å². The second-order valence-corrected chi connectivity index (χ2v) is 3.64. The molecule has 13 heavy (non-hydrogen) atoms. The van der Waals surface area contributed by atoms with Crippen LogP contribution in [-0.4, -0.2) is 44.3 Å². The third-order valence-corrected chi connectivity index (χ3v) is 2.65. The van der Waals surface area contributed by atoms with Crippen molar-refractivity contribution < 1.29 is 4.74 Å². The highest BCUT2D eigenvalue weighted by Gasteiger charge is 2.14. The van der Waals surface area contributed by atoms with E-state index in [-0.39, 0.29) is 6.04 Å². The Kier molecular flexibility index (Phi) is 7.23. The first-order valence-corrected chi connectivity index (χ1v) is 5.08. The summed E-state index contributed by atoms with van der Waals surface area (Å²) in [4.78, 5) is 2.30. The Morgan fingerprint density at radius 3 is 2.54 bits per heavy atom. The average molecular weight is 188 g/mol. The fourth-order valence-corrected chi connectivity index (χ4v) is 1.33. The minimum absolute atomic E-state index is 0.285. The zero-order chi connectivity index (χ0) is 10.3. The van der Waals surface area contributed by atoms with Crippen LogP contribution in [0.2, 0.25) is 0 Å². The second-order valence-electron chi connectivity index (χ2n) is 3.64. The van der Waals surface area contributed by atoms with E-state index in [0.29, 0.717) is 6.04 Å². The molecule has 0 aliphatic carbocycles. The molecule has 0 saturated heterocycles. The Balaban J connectivity index is 3.62. The minimum atomic E-state index is 0.285. The van der Waals surface area contributed by atoms with Gasteiger partial charge in [0.05, 0.1) is 0 Å². The van der Waals surface area contributed by atoms with Gasteiger partial charge in [-0.2, -0.15) is 0 Å². The third kappa shape index (κ3) is 5.24. The molecule has 0 aromatic rings. The minimum Gasteiger partial charge on any atom is -0.385 e. The number of nitrogens with zero attached hydrogens (tertiary/aromatic N) is 1. The summed E-state index contributed by atoms with van der Waals surface area (Å²) in [5, 5.41) is 0. The molecule has 0 amide bonds. The van der Waals surface area contributed by atoms with Crippen LogP contribution in [0.1, 0.15) is 26.7 Å². The first-order chi connectivity index (χ1) is 6.13. The van der Waals surface area contributed by atoms with Gasteiger partial charge in [0.1, 0.15) is 0 Å². The Morgan fingerprint density at radius 2 is 2.08 bits per heavy atom. The zero-order valence-corrected chi connectivity index (χ0v) is 9.42. The van der Waals surface area contributed by atoms with Crippen LogP contribution in [0.15, 0.2) is 0 Å². The molecule has 2 unspecified atom stereocenters. The Morgan fingerprint density at radius 1 is 1.46 bits per heavy atom. The fourth-order valence-electron chi connectivity index (χ4n) is 1.33. The van der Waals surface area contributed by atoms with E-state index >= 15 is 0 Å². The first-order valence-electron chi connectivity index (χ1n) is 5.08. The highest BCUT2D eigenvalue weighted by atomic mass is 16.5. The largest absolute Gasteiger partial charge is 0.385 e. The predicted octanol–water partition coefficient (Wildman–Crippen LogP) is 1.08. The summed E-state index contributed by atoms with van der Waals surface area (Å²) < 4.78 is 5.00.